The number of carbonyl (C=O) groups is 2. The number of rotatable bonds is 3. The smallest absolute Gasteiger partial charge is 0.266 e. The van der Waals surface area contributed by atoms with Crippen LogP contribution in [0.3, 0.4) is 0 Å². The second kappa shape index (κ2) is 5.66. The van der Waals surface area contributed by atoms with Crippen LogP contribution in [0.15, 0.2) is 34.8 Å². The maximum Gasteiger partial charge on any atom is 0.266 e. The Balaban J connectivity index is 2.35. The standard InChI is InChI=1S/C12H9IN2O3S/c1-2-5-15-11(17)8(10(16)14-12(15)19)6-7-3-4-9(13)18-7/h2-4,6H,1,5H2,(H,14,16,19)/b8-6+. The van der Waals surface area contributed by atoms with E-state index in [1.54, 1.807) is 12.1 Å². The van der Waals surface area contributed by atoms with E-state index < -0.39 is 11.8 Å². The van der Waals surface area contributed by atoms with Crippen LogP contribution in [0.4, 0.5) is 0 Å². The molecule has 1 N–H and O–H groups in total. The van der Waals surface area contributed by atoms with Crippen LogP contribution in [0.2, 0.25) is 0 Å². The molecule has 1 aliphatic rings. The van der Waals surface area contributed by atoms with Crippen molar-refractivity contribution in [3.63, 3.8) is 0 Å². The van der Waals surface area contributed by atoms with Crippen LogP contribution in [0.25, 0.3) is 6.08 Å². The Labute approximate surface area is 128 Å². The van der Waals surface area contributed by atoms with Gasteiger partial charge in [-0.2, -0.15) is 0 Å². The van der Waals surface area contributed by atoms with Gasteiger partial charge in [0.1, 0.15) is 11.3 Å². The van der Waals surface area contributed by atoms with Gasteiger partial charge in [-0.25, -0.2) is 0 Å². The normalized spacial score (nSPS) is 17.8. The molecule has 1 aromatic rings. The van der Waals surface area contributed by atoms with Crippen molar-refractivity contribution in [2.24, 2.45) is 0 Å². The van der Waals surface area contributed by atoms with Gasteiger partial charge in [0.25, 0.3) is 11.8 Å². The van der Waals surface area contributed by atoms with Crippen LogP contribution in [0.5, 0.6) is 0 Å². The first-order valence-electron chi connectivity index (χ1n) is 5.28. The Morgan fingerprint density at radius 2 is 2.21 bits per heavy atom. The quantitative estimate of drug-likeness (QED) is 0.282. The molecule has 0 bridgehead atoms. The van der Waals surface area contributed by atoms with Crippen LogP contribution in [-0.4, -0.2) is 28.4 Å². The second-order valence-electron chi connectivity index (χ2n) is 3.66. The fourth-order valence-electron chi connectivity index (χ4n) is 1.54. The molecule has 2 amide bonds. The lowest BCUT2D eigenvalue weighted by atomic mass is 10.1. The van der Waals surface area contributed by atoms with Crippen LogP contribution < -0.4 is 5.32 Å². The minimum absolute atomic E-state index is 0.0128. The van der Waals surface area contributed by atoms with E-state index in [0.29, 0.717) is 9.53 Å². The fourth-order valence-corrected chi connectivity index (χ4v) is 2.22. The summed E-state index contributed by atoms with van der Waals surface area (Å²) in [6.45, 7) is 3.79. The van der Waals surface area contributed by atoms with Gasteiger partial charge in [-0.1, -0.05) is 6.08 Å². The number of hydrogen-bond donors (Lipinski definition) is 1. The van der Waals surface area contributed by atoms with Crippen molar-refractivity contribution in [1.82, 2.24) is 10.2 Å². The highest BCUT2D eigenvalue weighted by atomic mass is 127. The molecule has 0 aromatic carbocycles. The Kier molecular flexibility index (Phi) is 4.15. The third-order valence-electron chi connectivity index (χ3n) is 2.38. The Morgan fingerprint density at radius 3 is 2.79 bits per heavy atom. The van der Waals surface area contributed by atoms with E-state index in [0.717, 1.165) is 0 Å². The number of nitrogens with zero attached hydrogens (tertiary/aromatic N) is 1. The maximum absolute atomic E-state index is 12.2. The molecule has 0 unspecified atom stereocenters. The van der Waals surface area contributed by atoms with E-state index in [-0.39, 0.29) is 17.2 Å². The molecule has 1 aromatic heterocycles. The van der Waals surface area contributed by atoms with Crippen molar-refractivity contribution in [2.75, 3.05) is 6.54 Å². The molecule has 1 saturated heterocycles. The molecule has 19 heavy (non-hydrogen) atoms. The summed E-state index contributed by atoms with van der Waals surface area (Å²) in [6.07, 6.45) is 2.94. The number of thiocarbonyl (C=S) groups is 1. The minimum atomic E-state index is -0.526. The van der Waals surface area contributed by atoms with Gasteiger partial charge in [-0.15, -0.1) is 6.58 Å². The van der Waals surface area contributed by atoms with Crippen LogP contribution in [0.1, 0.15) is 5.76 Å². The molecular formula is C12H9IN2O3S. The highest BCUT2D eigenvalue weighted by Crippen LogP contribution is 2.17. The summed E-state index contributed by atoms with van der Waals surface area (Å²) >= 11 is 6.94. The summed E-state index contributed by atoms with van der Waals surface area (Å²) in [5.41, 5.74) is -0.0128. The Bertz CT molecular complexity index is 606. The summed E-state index contributed by atoms with van der Waals surface area (Å²) in [7, 11) is 0. The van der Waals surface area contributed by atoms with Crippen LogP contribution >= 0.6 is 34.8 Å². The van der Waals surface area contributed by atoms with Crippen molar-refractivity contribution < 1.29 is 14.0 Å². The largest absolute Gasteiger partial charge is 0.451 e. The first-order valence-corrected chi connectivity index (χ1v) is 6.76. The Morgan fingerprint density at radius 1 is 1.47 bits per heavy atom. The zero-order valence-electron chi connectivity index (χ0n) is 9.68. The molecule has 1 aliphatic heterocycles. The van der Waals surface area contributed by atoms with E-state index in [2.05, 4.69) is 11.9 Å². The lowest BCUT2D eigenvalue weighted by molar-refractivity contribution is -0.128. The molecule has 98 valence electrons. The predicted octanol–water partition coefficient (Wildman–Crippen LogP) is 1.70. The number of hydrogen-bond acceptors (Lipinski definition) is 4. The van der Waals surface area contributed by atoms with Gasteiger partial charge >= 0.3 is 0 Å². The number of amides is 2. The first kappa shape index (κ1) is 13.9. The van der Waals surface area contributed by atoms with Crippen molar-refractivity contribution in [3.8, 4) is 0 Å². The van der Waals surface area contributed by atoms with E-state index in [4.69, 9.17) is 16.6 Å². The number of furan rings is 1. The average Bonchev–Trinajstić information content (AvgIpc) is 2.76. The predicted molar refractivity (Wildman–Crippen MR) is 82.1 cm³/mol. The van der Waals surface area contributed by atoms with Crippen molar-refractivity contribution in [3.05, 3.63) is 39.9 Å². The van der Waals surface area contributed by atoms with E-state index in [1.807, 2.05) is 22.6 Å². The van der Waals surface area contributed by atoms with Crippen molar-refractivity contribution in [1.29, 1.82) is 0 Å². The molecule has 0 saturated carbocycles. The second-order valence-corrected chi connectivity index (χ2v) is 5.11. The third-order valence-corrected chi connectivity index (χ3v) is 3.28. The molecule has 5 nitrogen and oxygen atoms in total. The van der Waals surface area contributed by atoms with E-state index in [9.17, 15) is 9.59 Å². The number of nitrogens with one attached hydrogen (secondary N) is 1. The van der Waals surface area contributed by atoms with Gasteiger partial charge in [0.05, 0.1) is 0 Å². The highest BCUT2D eigenvalue weighted by Gasteiger charge is 2.32. The molecule has 2 heterocycles. The minimum Gasteiger partial charge on any atom is -0.451 e. The topological polar surface area (TPSA) is 62.6 Å². The van der Waals surface area contributed by atoms with E-state index in [1.165, 1.54) is 17.1 Å². The summed E-state index contributed by atoms with van der Waals surface area (Å²) in [4.78, 5) is 25.2. The van der Waals surface area contributed by atoms with Crippen molar-refractivity contribution in [2.45, 2.75) is 0 Å². The summed E-state index contributed by atoms with van der Waals surface area (Å²) in [5, 5.41) is 2.54. The zero-order chi connectivity index (χ0) is 14.0. The molecule has 1 fully saturated rings. The molecular weight excluding hydrogens is 379 g/mol. The SMILES string of the molecule is C=CCN1C(=O)/C(=C/c2ccc(I)o2)C(=O)NC1=S. The maximum atomic E-state index is 12.2. The molecule has 0 radical (unpaired) electrons. The number of halogens is 1. The third kappa shape index (κ3) is 2.92. The summed E-state index contributed by atoms with van der Waals surface area (Å²) < 4.78 is 5.98. The van der Waals surface area contributed by atoms with Gasteiger partial charge < -0.3 is 4.42 Å². The zero-order valence-corrected chi connectivity index (χ0v) is 12.7. The van der Waals surface area contributed by atoms with Crippen LogP contribution in [0, 0.1) is 3.77 Å². The molecule has 0 atom stereocenters. The summed E-state index contributed by atoms with van der Waals surface area (Å²) in [6, 6.07) is 3.42. The summed E-state index contributed by atoms with van der Waals surface area (Å²) in [5.74, 6) is -0.545. The molecule has 2 rings (SSSR count). The lowest BCUT2D eigenvalue weighted by Crippen LogP contribution is -2.53. The molecule has 0 spiro atoms. The van der Waals surface area contributed by atoms with Gasteiger partial charge in [0, 0.05) is 6.54 Å². The molecule has 7 heteroatoms. The van der Waals surface area contributed by atoms with Gasteiger partial charge in [-0.3, -0.25) is 19.8 Å². The molecule has 0 aliphatic carbocycles. The Hall–Kier alpha value is -1.48. The average molecular weight is 388 g/mol. The first-order chi connectivity index (χ1) is 9.02. The highest BCUT2D eigenvalue weighted by molar-refractivity contribution is 14.1. The van der Waals surface area contributed by atoms with Gasteiger partial charge in [0.2, 0.25) is 0 Å². The van der Waals surface area contributed by atoms with Crippen LogP contribution in [-0.2, 0) is 9.59 Å². The van der Waals surface area contributed by atoms with Crippen molar-refractivity contribution >= 4 is 57.8 Å². The fraction of sp³-hybridized carbons (Fsp3) is 0.0833. The monoisotopic (exact) mass is 388 g/mol. The number of carbonyl (C=O) groups excluding carboxylic acids is 2. The lowest BCUT2D eigenvalue weighted by Gasteiger charge is -2.27. The van der Waals surface area contributed by atoms with E-state index >= 15 is 0 Å². The van der Waals surface area contributed by atoms with Gasteiger partial charge in [-0.05, 0) is 53.0 Å². The van der Waals surface area contributed by atoms with Gasteiger partial charge in [0.15, 0.2) is 8.88 Å².